The highest BCUT2D eigenvalue weighted by Crippen LogP contribution is 2.49. The van der Waals surface area contributed by atoms with Gasteiger partial charge in [-0.1, -0.05) is 66.7 Å². The van der Waals surface area contributed by atoms with Gasteiger partial charge in [-0.2, -0.15) is 0 Å². The molecule has 39 heavy (non-hydrogen) atoms. The fourth-order valence-electron chi connectivity index (χ4n) is 6.31. The van der Waals surface area contributed by atoms with E-state index >= 15 is 0 Å². The summed E-state index contributed by atoms with van der Waals surface area (Å²) in [6.07, 6.45) is 8.39. The molecular weight excluding hydrogens is 472 g/mol. The first kappa shape index (κ1) is 22.1. The molecule has 2 aliphatic rings. The minimum absolute atomic E-state index is 1.09. The van der Waals surface area contributed by atoms with Gasteiger partial charge in [0, 0.05) is 29.5 Å². The predicted molar refractivity (Wildman–Crippen MR) is 163 cm³/mol. The maximum atomic E-state index is 4.21. The van der Waals surface area contributed by atoms with E-state index in [0.29, 0.717) is 0 Å². The summed E-state index contributed by atoms with van der Waals surface area (Å²) < 4.78 is 0. The SMILES string of the molecule is C1=C2c3cc4ccc(-c5ccc(N(c6ccccc6)c6ccncc6)cc5)cc4cc3-c3cccc(c32)CC1. The summed E-state index contributed by atoms with van der Waals surface area (Å²) in [6.45, 7) is 0. The van der Waals surface area contributed by atoms with E-state index in [9.17, 15) is 0 Å². The van der Waals surface area contributed by atoms with Gasteiger partial charge >= 0.3 is 0 Å². The van der Waals surface area contributed by atoms with Gasteiger partial charge < -0.3 is 4.90 Å². The number of para-hydroxylation sites is 1. The Balaban J connectivity index is 1.19. The zero-order valence-electron chi connectivity index (χ0n) is 21.5. The van der Waals surface area contributed by atoms with Gasteiger partial charge in [-0.25, -0.2) is 0 Å². The fraction of sp³-hybridized carbons (Fsp3) is 0.0541. The highest BCUT2D eigenvalue weighted by Gasteiger charge is 2.27. The normalized spacial score (nSPS) is 13.1. The largest absolute Gasteiger partial charge is 0.310 e. The second-order valence-corrected chi connectivity index (χ2v) is 10.4. The summed E-state index contributed by atoms with van der Waals surface area (Å²) in [7, 11) is 0. The van der Waals surface area contributed by atoms with Crippen molar-refractivity contribution in [3.8, 4) is 22.3 Å². The van der Waals surface area contributed by atoms with E-state index in [-0.39, 0.29) is 0 Å². The molecule has 0 unspecified atom stereocenters. The van der Waals surface area contributed by atoms with Crippen LogP contribution in [-0.2, 0) is 6.42 Å². The molecule has 0 radical (unpaired) electrons. The first-order chi connectivity index (χ1) is 19.3. The molecule has 0 aliphatic heterocycles. The summed E-state index contributed by atoms with van der Waals surface area (Å²) in [5, 5.41) is 2.58. The quantitative estimate of drug-likeness (QED) is 0.240. The van der Waals surface area contributed by atoms with Gasteiger partial charge in [-0.3, -0.25) is 4.98 Å². The van der Waals surface area contributed by atoms with Gasteiger partial charge in [0.1, 0.15) is 0 Å². The number of aryl methyl sites for hydroxylation is 1. The summed E-state index contributed by atoms with van der Waals surface area (Å²) in [4.78, 5) is 6.48. The molecule has 6 aromatic rings. The molecule has 2 nitrogen and oxygen atoms in total. The van der Waals surface area contributed by atoms with E-state index in [2.05, 4.69) is 119 Å². The maximum Gasteiger partial charge on any atom is 0.0492 e. The van der Waals surface area contributed by atoms with Crippen LogP contribution in [0.2, 0.25) is 0 Å². The van der Waals surface area contributed by atoms with Gasteiger partial charge in [0.05, 0.1) is 0 Å². The van der Waals surface area contributed by atoms with Crippen LogP contribution in [-0.4, -0.2) is 4.98 Å². The smallest absolute Gasteiger partial charge is 0.0492 e. The number of anilines is 3. The molecule has 184 valence electrons. The molecular formula is C37H26N2. The molecule has 0 spiro atoms. The molecule has 0 fully saturated rings. The van der Waals surface area contributed by atoms with Crippen molar-refractivity contribution < 1.29 is 0 Å². The van der Waals surface area contributed by atoms with E-state index in [0.717, 1.165) is 29.9 Å². The van der Waals surface area contributed by atoms with Crippen molar-refractivity contribution in [1.29, 1.82) is 0 Å². The number of allylic oxidation sites excluding steroid dienone is 1. The molecule has 2 aliphatic carbocycles. The molecule has 0 atom stereocenters. The van der Waals surface area contributed by atoms with Crippen LogP contribution in [0, 0.1) is 0 Å². The van der Waals surface area contributed by atoms with Gasteiger partial charge in [0.25, 0.3) is 0 Å². The third-order valence-corrected chi connectivity index (χ3v) is 8.13. The minimum atomic E-state index is 1.09. The first-order valence-corrected chi connectivity index (χ1v) is 13.6. The zero-order valence-corrected chi connectivity index (χ0v) is 21.5. The van der Waals surface area contributed by atoms with Crippen LogP contribution in [0.5, 0.6) is 0 Å². The lowest BCUT2D eigenvalue weighted by molar-refractivity contribution is 0.982. The van der Waals surface area contributed by atoms with Crippen LogP contribution in [0.4, 0.5) is 17.1 Å². The van der Waals surface area contributed by atoms with Crippen LogP contribution < -0.4 is 4.90 Å². The Morgan fingerprint density at radius 3 is 2.13 bits per heavy atom. The Morgan fingerprint density at radius 2 is 1.28 bits per heavy atom. The molecule has 0 saturated carbocycles. The standard InChI is InChI=1S/C37H26N2/c1-2-8-30(9-3-1)39(32-18-20-38-21-19-32)31-16-14-25(15-17-31)27-12-13-28-23-35-33-10-4-6-26-7-5-11-34(37(26)33)36(35)24-29(28)22-27/h1-3,5,7-24H,4,6H2. The lowest BCUT2D eigenvalue weighted by atomic mass is 9.90. The Kier molecular flexibility index (Phi) is 4.99. The lowest BCUT2D eigenvalue weighted by Crippen LogP contribution is -2.09. The summed E-state index contributed by atoms with van der Waals surface area (Å²) in [5.74, 6) is 0. The van der Waals surface area contributed by atoms with Crippen molar-refractivity contribution in [2.45, 2.75) is 12.8 Å². The van der Waals surface area contributed by atoms with Crippen LogP contribution in [0.3, 0.4) is 0 Å². The first-order valence-electron chi connectivity index (χ1n) is 13.6. The number of nitrogens with zero attached hydrogens (tertiary/aromatic N) is 2. The molecule has 0 N–H and O–H groups in total. The average molecular weight is 499 g/mol. The molecule has 1 aromatic heterocycles. The molecule has 5 aromatic carbocycles. The van der Waals surface area contributed by atoms with Crippen molar-refractivity contribution in [1.82, 2.24) is 4.98 Å². The summed E-state index contributed by atoms with van der Waals surface area (Å²) in [5.41, 5.74) is 14.3. The Hall–Kier alpha value is -4.95. The van der Waals surface area contributed by atoms with Gasteiger partial charge in [-0.05, 0) is 123 Å². The number of benzene rings is 5. The highest BCUT2D eigenvalue weighted by atomic mass is 15.1. The fourth-order valence-corrected chi connectivity index (χ4v) is 6.31. The Bertz CT molecular complexity index is 1850. The summed E-state index contributed by atoms with van der Waals surface area (Å²) in [6, 6.07) is 41.9. The van der Waals surface area contributed by atoms with E-state index in [1.54, 1.807) is 0 Å². The second-order valence-electron chi connectivity index (χ2n) is 10.4. The number of hydrogen-bond donors (Lipinski definition) is 0. The van der Waals surface area contributed by atoms with Gasteiger partial charge in [0.2, 0.25) is 0 Å². The third-order valence-electron chi connectivity index (χ3n) is 8.13. The van der Waals surface area contributed by atoms with Gasteiger partial charge in [-0.15, -0.1) is 0 Å². The molecule has 1 heterocycles. The number of aromatic nitrogens is 1. The van der Waals surface area contributed by atoms with Crippen LogP contribution in [0.1, 0.15) is 23.1 Å². The highest BCUT2D eigenvalue weighted by molar-refractivity contribution is 6.07. The van der Waals surface area contributed by atoms with Crippen molar-refractivity contribution in [2.75, 3.05) is 4.90 Å². The zero-order chi connectivity index (χ0) is 25.8. The Labute approximate surface area is 228 Å². The molecule has 8 rings (SSSR count). The average Bonchev–Trinajstić information content (AvgIpc) is 3.31. The topological polar surface area (TPSA) is 16.1 Å². The molecule has 0 bridgehead atoms. The van der Waals surface area contributed by atoms with Crippen molar-refractivity contribution in [2.24, 2.45) is 0 Å². The van der Waals surface area contributed by atoms with E-state index < -0.39 is 0 Å². The number of rotatable bonds is 4. The predicted octanol–water partition coefficient (Wildman–Crippen LogP) is 9.73. The summed E-state index contributed by atoms with van der Waals surface area (Å²) >= 11 is 0. The van der Waals surface area contributed by atoms with Gasteiger partial charge in [0.15, 0.2) is 0 Å². The van der Waals surface area contributed by atoms with E-state index in [1.165, 1.54) is 55.3 Å². The number of pyridine rings is 1. The van der Waals surface area contributed by atoms with Crippen molar-refractivity contribution in [3.05, 3.63) is 150 Å². The van der Waals surface area contributed by atoms with Crippen LogP contribution >= 0.6 is 0 Å². The van der Waals surface area contributed by atoms with Crippen molar-refractivity contribution >= 4 is 33.4 Å². The van der Waals surface area contributed by atoms with Crippen LogP contribution in [0.15, 0.2) is 134 Å². The van der Waals surface area contributed by atoms with E-state index in [4.69, 9.17) is 0 Å². The monoisotopic (exact) mass is 498 g/mol. The van der Waals surface area contributed by atoms with E-state index in [1.807, 2.05) is 24.5 Å². The van der Waals surface area contributed by atoms with Crippen molar-refractivity contribution in [3.63, 3.8) is 0 Å². The lowest BCUT2D eigenvalue weighted by Gasteiger charge is -2.25. The van der Waals surface area contributed by atoms with Crippen LogP contribution in [0.25, 0.3) is 38.6 Å². The minimum Gasteiger partial charge on any atom is -0.310 e. The molecule has 2 heteroatoms. The number of fused-ring (bicyclic) bond motifs is 4. The molecule has 0 amide bonds. The Morgan fingerprint density at radius 1 is 0.538 bits per heavy atom. The second kappa shape index (κ2) is 8.82. The third kappa shape index (κ3) is 3.60. The maximum absolute atomic E-state index is 4.21. The molecule has 0 saturated heterocycles. The number of hydrogen-bond acceptors (Lipinski definition) is 2.